The van der Waals surface area contributed by atoms with Crippen molar-refractivity contribution in [2.24, 2.45) is 5.92 Å². The van der Waals surface area contributed by atoms with Crippen molar-refractivity contribution in [1.29, 1.82) is 0 Å². The number of carbonyl (C=O) groups is 1. The van der Waals surface area contributed by atoms with Crippen molar-refractivity contribution in [2.75, 3.05) is 17.5 Å². The molecule has 3 aromatic rings. The SMILES string of the molecule is Cc1cc(SN2CC(C(C)C)c3cc(-c4ccc(C(C)(C)C)cc4)cc(C)c32)ccc1OCC(=O)O. The molecule has 0 radical (unpaired) electrons. The van der Waals surface area contributed by atoms with Gasteiger partial charge in [0.1, 0.15) is 5.75 Å². The Balaban J connectivity index is 1.63. The lowest BCUT2D eigenvalue weighted by Gasteiger charge is -2.21. The Labute approximate surface area is 219 Å². The number of carboxylic acids is 1. The monoisotopic (exact) mass is 503 g/mol. The predicted molar refractivity (Wildman–Crippen MR) is 150 cm³/mol. The zero-order valence-electron chi connectivity index (χ0n) is 22.4. The minimum atomic E-state index is -0.971. The molecule has 3 aromatic carbocycles. The molecule has 4 nitrogen and oxygen atoms in total. The largest absolute Gasteiger partial charge is 0.482 e. The Hall–Kier alpha value is -2.92. The summed E-state index contributed by atoms with van der Waals surface area (Å²) < 4.78 is 7.83. The first-order valence-electron chi connectivity index (χ1n) is 12.6. The molecule has 0 aliphatic carbocycles. The molecular formula is C31H37NO3S. The molecule has 0 bridgehead atoms. The molecule has 5 heteroatoms. The molecular weight excluding hydrogens is 466 g/mol. The van der Waals surface area contributed by atoms with Crippen LogP contribution in [0.5, 0.6) is 5.75 Å². The molecule has 0 spiro atoms. The second kappa shape index (κ2) is 10.2. The van der Waals surface area contributed by atoms with Crippen molar-refractivity contribution in [3.8, 4) is 16.9 Å². The molecule has 190 valence electrons. The Morgan fingerprint density at radius 1 is 1.03 bits per heavy atom. The minimum Gasteiger partial charge on any atom is -0.482 e. The van der Waals surface area contributed by atoms with Gasteiger partial charge in [0.05, 0.1) is 5.69 Å². The van der Waals surface area contributed by atoms with Crippen LogP contribution in [0.4, 0.5) is 5.69 Å². The number of aliphatic carboxylic acids is 1. The Bertz CT molecular complexity index is 1260. The van der Waals surface area contributed by atoms with E-state index >= 15 is 0 Å². The molecule has 1 N–H and O–H groups in total. The fourth-order valence-electron chi connectivity index (χ4n) is 4.89. The number of hydrogen-bond acceptors (Lipinski definition) is 4. The maximum absolute atomic E-state index is 10.8. The zero-order valence-corrected chi connectivity index (χ0v) is 23.2. The normalized spacial score (nSPS) is 15.3. The first kappa shape index (κ1) is 26.2. The van der Waals surface area contributed by atoms with Gasteiger partial charge in [-0.3, -0.25) is 0 Å². The highest BCUT2D eigenvalue weighted by Crippen LogP contribution is 2.48. The maximum atomic E-state index is 10.8. The number of aryl methyl sites for hydroxylation is 2. The molecule has 0 amide bonds. The van der Waals surface area contributed by atoms with E-state index in [1.165, 1.54) is 33.5 Å². The fraction of sp³-hybridized carbons (Fsp3) is 0.387. The Kier molecular flexibility index (Phi) is 7.42. The Morgan fingerprint density at radius 3 is 2.31 bits per heavy atom. The van der Waals surface area contributed by atoms with Gasteiger partial charge in [-0.15, -0.1) is 0 Å². The van der Waals surface area contributed by atoms with E-state index in [1.54, 1.807) is 11.9 Å². The van der Waals surface area contributed by atoms with Gasteiger partial charge >= 0.3 is 5.97 Å². The van der Waals surface area contributed by atoms with Gasteiger partial charge in [-0.05, 0) is 101 Å². The zero-order chi connectivity index (χ0) is 26.2. The summed E-state index contributed by atoms with van der Waals surface area (Å²) in [5.74, 6) is 0.628. The minimum absolute atomic E-state index is 0.145. The van der Waals surface area contributed by atoms with Gasteiger partial charge in [0.25, 0.3) is 0 Å². The van der Waals surface area contributed by atoms with E-state index in [0.717, 1.165) is 17.0 Å². The number of carboxylic acid groups (broad SMARTS) is 1. The van der Waals surface area contributed by atoms with Crippen LogP contribution >= 0.6 is 11.9 Å². The van der Waals surface area contributed by atoms with Crippen LogP contribution in [0.2, 0.25) is 0 Å². The van der Waals surface area contributed by atoms with Gasteiger partial charge in [0.2, 0.25) is 0 Å². The van der Waals surface area contributed by atoms with E-state index in [4.69, 9.17) is 9.84 Å². The van der Waals surface area contributed by atoms with E-state index in [1.807, 2.05) is 19.1 Å². The van der Waals surface area contributed by atoms with Crippen LogP contribution < -0.4 is 9.04 Å². The van der Waals surface area contributed by atoms with E-state index in [9.17, 15) is 4.79 Å². The molecule has 1 atom stereocenters. The number of anilines is 1. The number of fused-ring (bicyclic) bond motifs is 1. The third kappa shape index (κ3) is 5.57. The number of hydrogen-bond donors (Lipinski definition) is 1. The third-order valence-corrected chi connectivity index (χ3v) is 7.96. The van der Waals surface area contributed by atoms with Gasteiger partial charge in [-0.1, -0.05) is 58.9 Å². The Morgan fingerprint density at radius 2 is 1.72 bits per heavy atom. The smallest absolute Gasteiger partial charge is 0.341 e. The summed E-state index contributed by atoms with van der Waals surface area (Å²) in [6.07, 6.45) is 0. The van der Waals surface area contributed by atoms with Gasteiger partial charge in [0.15, 0.2) is 6.61 Å². The second-order valence-electron chi connectivity index (χ2n) is 11.2. The molecule has 1 aliphatic rings. The summed E-state index contributed by atoms with van der Waals surface area (Å²) in [4.78, 5) is 12.0. The summed E-state index contributed by atoms with van der Waals surface area (Å²) in [6, 6.07) is 19.7. The molecule has 36 heavy (non-hydrogen) atoms. The van der Waals surface area contributed by atoms with Crippen LogP contribution in [0, 0.1) is 19.8 Å². The molecule has 0 saturated carbocycles. The average Bonchev–Trinajstić information content (AvgIpc) is 3.17. The lowest BCUT2D eigenvalue weighted by atomic mass is 9.85. The quantitative estimate of drug-likeness (QED) is 0.331. The van der Waals surface area contributed by atoms with E-state index in [-0.39, 0.29) is 12.0 Å². The van der Waals surface area contributed by atoms with Gasteiger partial charge < -0.3 is 14.1 Å². The summed E-state index contributed by atoms with van der Waals surface area (Å²) in [7, 11) is 0. The summed E-state index contributed by atoms with van der Waals surface area (Å²) >= 11 is 1.74. The molecule has 1 aliphatic heterocycles. The van der Waals surface area contributed by atoms with Crippen LogP contribution in [-0.4, -0.2) is 24.2 Å². The first-order chi connectivity index (χ1) is 16.9. The van der Waals surface area contributed by atoms with Crippen LogP contribution in [0.15, 0.2) is 59.5 Å². The molecule has 0 aromatic heterocycles. The summed E-state index contributed by atoms with van der Waals surface area (Å²) in [6.45, 7) is 16.2. The second-order valence-corrected chi connectivity index (χ2v) is 12.3. The first-order valence-corrected chi connectivity index (χ1v) is 13.4. The van der Waals surface area contributed by atoms with Crippen LogP contribution in [0.3, 0.4) is 0 Å². The predicted octanol–water partition coefficient (Wildman–Crippen LogP) is 8.00. The van der Waals surface area contributed by atoms with Gasteiger partial charge in [-0.25, -0.2) is 4.79 Å². The molecule has 0 saturated heterocycles. The summed E-state index contributed by atoms with van der Waals surface area (Å²) in [5.41, 5.74) is 8.99. The van der Waals surface area contributed by atoms with Crippen LogP contribution in [0.1, 0.15) is 62.8 Å². The topological polar surface area (TPSA) is 49.8 Å². The molecule has 4 rings (SSSR count). The lowest BCUT2D eigenvalue weighted by Crippen LogP contribution is -2.16. The van der Waals surface area contributed by atoms with Crippen molar-refractivity contribution in [3.63, 3.8) is 0 Å². The summed E-state index contributed by atoms with van der Waals surface area (Å²) in [5, 5.41) is 8.90. The van der Waals surface area contributed by atoms with Gasteiger partial charge in [-0.2, -0.15) is 0 Å². The van der Waals surface area contributed by atoms with Crippen molar-refractivity contribution >= 4 is 23.6 Å². The van der Waals surface area contributed by atoms with Crippen molar-refractivity contribution in [3.05, 3.63) is 76.9 Å². The van der Waals surface area contributed by atoms with Crippen molar-refractivity contribution in [2.45, 2.75) is 64.7 Å². The van der Waals surface area contributed by atoms with Crippen LogP contribution in [0.25, 0.3) is 11.1 Å². The number of nitrogens with zero attached hydrogens (tertiary/aromatic N) is 1. The standard InChI is InChI=1S/C31H37NO3S/c1-19(2)27-17-32(36-25-12-13-28(20(3)15-25)35-18-29(33)34)30-21(4)14-23(16-26(27)30)22-8-10-24(11-9-22)31(5,6)7/h8-16,19,27H,17-18H2,1-7H3,(H,33,34). The lowest BCUT2D eigenvalue weighted by molar-refractivity contribution is -0.139. The highest BCUT2D eigenvalue weighted by atomic mass is 32.2. The van der Waals surface area contributed by atoms with Crippen molar-refractivity contribution < 1.29 is 14.6 Å². The number of rotatable bonds is 7. The molecule has 0 fully saturated rings. The highest BCUT2D eigenvalue weighted by Gasteiger charge is 2.33. The van der Waals surface area contributed by atoms with E-state index < -0.39 is 5.97 Å². The van der Waals surface area contributed by atoms with E-state index in [0.29, 0.717) is 17.6 Å². The molecule has 1 unspecified atom stereocenters. The highest BCUT2D eigenvalue weighted by molar-refractivity contribution is 8.00. The maximum Gasteiger partial charge on any atom is 0.341 e. The van der Waals surface area contributed by atoms with Crippen LogP contribution in [-0.2, 0) is 10.2 Å². The van der Waals surface area contributed by atoms with Gasteiger partial charge in [0, 0.05) is 17.4 Å². The number of benzene rings is 3. The fourth-order valence-corrected chi connectivity index (χ4v) is 6.08. The van der Waals surface area contributed by atoms with Crippen molar-refractivity contribution in [1.82, 2.24) is 0 Å². The number of ether oxygens (including phenoxy) is 1. The average molecular weight is 504 g/mol. The molecule has 1 heterocycles. The van der Waals surface area contributed by atoms with E-state index in [2.05, 4.69) is 88.3 Å². The third-order valence-electron chi connectivity index (χ3n) is 6.94.